The monoisotopic (exact) mass is 313 g/mol. The Morgan fingerprint density at radius 2 is 1.95 bits per heavy atom. The summed E-state index contributed by atoms with van der Waals surface area (Å²) in [6.07, 6.45) is 6.13. The largest absolute Gasteiger partial charge is 0.478 e. The minimum atomic E-state index is -0.875. The minimum absolute atomic E-state index is 0.158. The van der Waals surface area contributed by atoms with Crippen LogP contribution in [0.5, 0.6) is 0 Å². The molecule has 0 bridgehead atoms. The highest BCUT2D eigenvalue weighted by Gasteiger charge is 2.25. The maximum Gasteiger partial charge on any atom is 0.338 e. The van der Waals surface area contributed by atoms with Crippen LogP contribution < -0.4 is 5.32 Å². The third-order valence-corrected chi connectivity index (χ3v) is 6.15. The lowest BCUT2D eigenvalue weighted by molar-refractivity contribution is 0.0694. The summed E-state index contributed by atoms with van der Waals surface area (Å²) in [6, 6.07) is 5.60. The molecule has 0 heterocycles. The summed E-state index contributed by atoms with van der Waals surface area (Å²) >= 11 is 3.31. The topological polar surface area (TPSA) is 49.3 Å². The first kappa shape index (κ1) is 17.2. The van der Waals surface area contributed by atoms with Crippen LogP contribution in [-0.2, 0) is 0 Å². The predicted octanol–water partition coefficient (Wildman–Crippen LogP) is 4.44. The van der Waals surface area contributed by atoms with E-state index in [0.29, 0.717) is 11.3 Å². The van der Waals surface area contributed by atoms with Crippen LogP contribution in [0.4, 0.5) is 5.69 Å². The van der Waals surface area contributed by atoms with E-state index in [-0.39, 0.29) is 4.75 Å². The van der Waals surface area contributed by atoms with Crippen LogP contribution in [-0.4, -0.2) is 34.9 Å². The van der Waals surface area contributed by atoms with Crippen LogP contribution in [0.15, 0.2) is 23.1 Å². The number of carbonyl (C=O) groups is 1. The van der Waals surface area contributed by atoms with Crippen molar-refractivity contribution in [1.29, 1.82) is 0 Å². The smallest absolute Gasteiger partial charge is 0.338 e. The average molecular weight is 313 g/mol. The van der Waals surface area contributed by atoms with Gasteiger partial charge in [0.2, 0.25) is 0 Å². The van der Waals surface area contributed by atoms with Crippen molar-refractivity contribution in [2.24, 2.45) is 0 Å². The Kier molecular flexibility index (Phi) is 6.76. The van der Waals surface area contributed by atoms with Gasteiger partial charge in [0.1, 0.15) is 0 Å². The molecule has 0 atom stereocenters. The van der Waals surface area contributed by atoms with Gasteiger partial charge in [-0.25, -0.2) is 4.79 Å². The fourth-order valence-corrected chi connectivity index (χ4v) is 3.60. The van der Waals surface area contributed by atoms with E-state index in [9.17, 15) is 9.90 Å². The number of anilines is 1. The van der Waals surface area contributed by atoms with Gasteiger partial charge in [0.05, 0.1) is 5.56 Å². The molecular weight excluding hydrogens is 290 g/mol. The zero-order chi connectivity index (χ0) is 15.2. The van der Waals surface area contributed by atoms with E-state index >= 15 is 0 Å². The molecule has 0 aliphatic carbocycles. The van der Waals surface area contributed by atoms with E-state index in [1.54, 1.807) is 0 Å². The summed E-state index contributed by atoms with van der Waals surface area (Å²) in [5, 5.41) is 12.8. The molecule has 5 heteroatoms. The summed E-state index contributed by atoms with van der Waals surface area (Å²) in [4.78, 5) is 12.3. The van der Waals surface area contributed by atoms with E-state index < -0.39 is 5.97 Å². The van der Waals surface area contributed by atoms with Crippen molar-refractivity contribution in [3.05, 3.63) is 23.8 Å². The van der Waals surface area contributed by atoms with Crippen molar-refractivity contribution in [3.8, 4) is 0 Å². The van der Waals surface area contributed by atoms with Gasteiger partial charge in [0, 0.05) is 21.9 Å². The van der Waals surface area contributed by atoms with Crippen molar-refractivity contribution in [2.45, 2.75) is 36.3 Å². The standard InChI is InChI=1S/C15H23NO2S2/c1-5-15(6-2,20-4)10-16-11-8-7-9-12(19-3)13(11)14(17)18/h7-9,16H,5-6,10H2,1-4H3,(H,17,18). The molecule has 0 saturated heterocycles. The van der Waals surface area contributed by atoms with Crippen molar-refractivity contribution in [1.82, 2.24) is 0 Å². The highest BCUT2D eigenvalue weighted by molar-refractivity contribution is 8.00. The molecule has 0 saturated carbocycles. The van der Waals surface area contributed by atoms with Crippen LogP contribution in [0.25, 0.3) is 0 Å². The molecular formula is C15H23NO2S2. The molecule has 0 aliphatic rings. The first-order valence-electron chi connectivity index (χ1n) is 6.72. The van der Waals surface area contributed by atoms with E-state index in [1.165, 1.54) is 11.8 Å². The van der Waals surface area contributed by atoms with E-state index in [0.717, 1.165) is 24.3 Å². The minimum Gasteiger partial charge on any atom is -0.478 e. The van der Waals surface area contributed by atoms with Crippen molar-refractivity contribution in [3.63, 3.8) is 0 Å². The number of carboxylic acid groups (broad SMARTS) is 1. The van der Waals surface area contributed by atoms with E-state index in [1.807, 2.05) is 36.2 Å². The van der Waals surface area contributed by atoms with Gasteiger partial charge in [-0.05, 0) is 37.5 Å². The summed E-state index contributed by atoms with van der Waals surface area (Å²) < 4.78 is 0.158. The Labute approximate surface area is 129 Å². The highest BCUT2D eigenvalue weighted by Crippen LogP contribution is 2.32. The maximum absolute atomic E-state index is 11.5. The maximum atomic E-state index is 11.5. The molecule has 1 aromatic carbocycles. The lowest BCUT2D eigenvalue weighted by atomic mass is 10.0. The molecule has 2 N–H and O–H groups in total. The van der Waals surface area contributed by atoms with Gasteiger partial charge < -0.3 is 10.4 Å². The van der Waals surface area contributed by atoms with Gasteiger partial charge in [0.25, 0.3) is 0 Å². The van der Waals surface area contributed by atoms with Crippen LogP contribution in [0.1, 0.15) is 37.0 Å². The second-order valence-electron chi connectivity index (χ2n) is 4.64. The van der Waals surface area contributed by atoms with E-state index in [4.69, 9.17) is 0 Å². The molecule has 0 aliphatic heterocycles. The van der Waals surface area contributed by atoms with Gasteiger partial charge >= 0.3 is 5.97 Å². The number of rotatable bonds is 8. The first-order chi connectivity index (χ1) is 9.53. The summed E-state index contributed by atoms with van der Waals surface area (Å²) in [5.74, 6) is -0.875. The summed E-state index contributed by atoms with van der Waals surface area (Å²) in [6.45, 7) is 5.13. The fourth-order valence-electron chi connectivity index (χ4n) is 2.19. The molecule has 1 rings (SSSR count). The second-order valence-corrected chi connectivity index (χ2v) is 6.76. The lowest BCUT2D eigenvalue weighted by Crippen LogP contribution is -2.32. The van der Waals surface area contributed by atoms with Gasteiger partial charge in [-0.15, -0.1) is 11.8 Å². The van der Waals surface area contributed by atoms with E-state index in [2.05, 4.69) is 25.4 Å². The first-order valence-corrected chi connectivity index (χ1v) is 9.17. The number of carboxylic acids is 1. The fraction of sp³-hybridized carbons (Fsp3) is 0.533. The molecule has 0 aromatic heterocycles. The zero-order valence-corrected chi connectivity index (χ0v) is 14.2. The summed E-state index contributed by atoms with van der Waals surface area (Å²) in [5.41, 5.74) is 1.09. The van der Waals surface area contributed by atoms with Crippen LogP contribution >= 0.6 is 23.5 Å². The molecule has 112 valence electrons. The Morgan fingerprint density at radius 3 is 2.40 bits per heavy atom. The zero-order valence-electron chi connectivity index (χ0n) is 12.5. The number of aromatic carboxylic acids is 1. The molecule has 1 aromatic rings. The number of benzene rings is 1. The molecule has 0 unspecified atom stereocenters. The van der Waals surface area contributed by atoms with Crippen molar-refractivity contribution < 1.29 is 9.90 Å². The molecule has 0 amide bonds. The third-order valence-electron chi connectivity index (χ3n) is 3.78. The normalized spacial score (nSPS) is 11.4. The van der Waals surface area contributed by atoms with Crippen LogP contribution in [0.2, 0.25) is 0 Å². The Hall–Kier alpha value is -0.810. The average Bonchev–Trinajstić information content (AvgIpc) is 2.48. The molecule has 3 nitrogen and oxygen atoms in total. The molecule has 0 fully saturated rings. The highest BCUT2D eigenvalue weighted by atomic mass is 32.2. The number of hydrogen-bond acceptors (Lipinski definition) is 4. The van der Waals surface area contributed by atoms with Crippen molar-refractivity contribution in [2.75, 3.05) is 24.4 Å². The predicted molar refractivity (Wildman–Crippen MR) is 90.5 cm³/mol. The number of nitrogens with one attached hydrogen (secondary N) is 1. The van der Waals surface area contributed by atoms with Gasteiger partial charge in [-0.1, -0.05) is 19.9 Å². The van der Waals surface area contributed by atoms with Crippen molar-refractivity contribution >= 4 is 35.2 Å². The molecule has 0 radical (unpaired) electrons. The quantitative estimate of drug-likeness (QED) is 0.695. The Bertz CT molecular complexity index is 451. The Balaban J connectivity index is 3.01. The molecule has 0 spiro atoms. The Morgan fingerprint density at radius 1 is 1.30 bits per heavy atom. The van der Waals surface area contributed by atoms with Crippen LogP contribution in [0, 0.1) is 0 Å². The SMILES string of the molecule is CCC(CC)(CNc1cccc(SC)c1C(=O)O)SC. The second kappa shape index (κ2) is 7.84. The van der Waals surface area contributed by atoms with Gasteiger partial charge in [-0.2, -0.15) is 11.8 Å². The van der Waals surface area contributed by atoms with Gasteiger partial charge in [-0.3, -0.25) is 0 Å². The molecule has 20 heavy (non-hydrogen) atoms. The third kappa shape index (κ3) is 3.85. The van der Waals surface area contributed by atoms with Gasteiger partial charge in [0.15, 0.2) is 0 Å². The number of hydrogen-bond donors (Lipinski definition) is 2. The number of thioether (sulfide) groups is 2. The van der Waals surface area contributed by atoms with Crippen LogP contribution in [0.3, 0.4) is 0 Å². The summed E-state index contributed by atoms with van der Waals surface area (Å²) in [7, 11) is 0. The lowest BCUT2D eigenvalue weighted by Gasteiger charge is -2.30.